The van der Waals surface area contributed by atoms with Gasteiger partial charge in [0.05, 0.1) is 12.0 Å². The summed E-state index contributed by atoms with van der Waals surface area (Å²) < 4.78 is 33.7. The van der Waals surface area contributed by atoms with Gasteiger partial charge >= 0.3 is 5.97 Å². The van der Waals surface area contributed by atoms with Gasteiger partial charge in [0.15, 0.2) is 0 Å². The summed E-state index contributed by atoms with van der Waals surface area (Å²) in [7, 11) is -2.60. The molecule has 3 rings (SSSR count). The Hall–Kier alpha value is -2.44. The molecule has 1 saturated carbocycles. The van der Waals surface area contributed by atoms with Crippen molar-refractivity contribution in [1.82, 2.24) is 4.31 Å². The van der Waals surface area contributed by atoms with Gasteiger partial charge in [-0.3, -0.25) is 4.79 Å². The van der Waals surface area contributed by atoms with Gasteiger partial charge in [0.25, 0.3) is 0 Å². The number of benzene rings is 2. The molecular formula is C25H31NO4S. The third kappa shape index (κ3) is 6.05. The zero-order valence-electron chi connectivity index (χ0n) is 18.3. The van der Waals surface area contributed by atoms with E-state index in [0.29, 0.717) is 0 Å². The fourth-order valence-corrected chi connectivity index (χ4v) is 5.46. The summed E-state index contributed by atoms with van der Waals surface area (Å²) in [6, 6.07) is 15.2. The van der Waals surface area contributed by atoms with Gasteiger partial charge < -0.3 is 4.74 Å². The van der Waals surface area contributed by atoms with Crippen molar-refractivity contribution in [1.29, 1.82) is 0 Å². The predicted octanol–water partition coefficient (Wildman–Crippen LogP) is 4.66. The zero-order valence-corrected chi connectivity index (χ0v) is 19.1. The third-order valence-electron chi connectivity index (χ3n) is 5.78. The quantitative estimate of drug-likeness (QED) is 0.441. The first-order chi connectivity index (χ1) is 14.9. The monoisotopic (exact) mass is 441 g/mol. The lowest BCUT2D eigenvalue weighted by Gasteiger charge is -2.29. The van der Waals surface area contributed by atoms with Gasteiger partial charge in [-0.05, 0) is 56.7 Å². The Balaban J connectivity index is 2.00. The smallest absolute Gasteiger partial charge is 0.324 e. The number of rotatable bonds is 8. The average molecular weight is 442 g/mol. The Morgan fingerprint density at radius 3 is 2.29 bits per heavy atom. The van der Waals surface area contributed by atoms with Gasteiger partial charge in [0, 0.05) is 6.54 Å². The molecule has 0 heterocycles. The Bertz CT molecular complexity index is 990. The van der Waals surface area contributed by atoms with Crippen LogP contribution in [0, 0.1) is 6.92 Å². The van der Waals surface area contributed by atoms with Crippen LogP contribution in [0.2, 0.25) is 0 Å². The molecule has 1 aliphatic carbocycles. The van der Waals surface area contributed by atoms with Gasteiger partial charge in [-0.25, -0.2) is 8.42 Å². The summed E-state index contributed by atoms with van der Waals surface area (Å²) >= 11 is 0. The number of carbonyl (C=O) groups is 1. The second kappa shape index (κ2) is 10.7. The zero-order chi connectivity index (χ0) is 22.3. The summed E-state index contributed by atoms with van der Waals surface area (Å²) in [4.78, 5) is 13.0. The SMILES string of the molecule is COC(=O)[C@H](Cc1ccccc1)N(CC=C1CCCCC1)S(=O)(=O)c1ccc(C)cc1. The van der Waals surface area contributed by atoms with E-state index >= 15 is 0 Å². The molecule has 5 nitrogen and oxygen atoms in total. The van der Waals surface area contributed by atoms with Crippen LogP contribution in [0.25, 0.3) is 0 Å². The number of esters is 1. The Kier molecular flexibility index (Phi) is 8.04. The Morgan fingerprint density at radius 2 is 1.68 bits per heavy atom. The molecule has 0 aliphatic heterocycles. The molecule has 1 fully saturated rings. The van der Waals surface area contributed by atoms with Crippen LogP contribution in [0.15, 0.2) is 71.1 Å². The molecule has 0 amide bonds. The number of hydrogen-bond donors (Lipinski definition) is 0. The summed E-state index contributed by atoms with van der Waals surface area (Å²) in [5, 5.41) is 0. The maximum atomic E-state index is 13.7. The molecular weight excluding hydrogens is 410 g/mol. The number of ether oxygens (including phenoxy) is 1. The van der Waals surface area contributed by atoms with E-state index in [1.54, 1.807) is 24.3 Å². The largest absolute Gasteiger partial charge is 0.468 e. The predicted molar refractivity (Wildman–Crippen MR) is 122 cm³/mol. The fourth-order valence-electron chi connectivity index (χ4n) is 3.94. The van der Waals surface area contributed by atoms with Crippen molar-refractivity contribution in [2.24, 2.45) is 0 Å². The summed E-state index contributed by atoms with van der Waals surface area (Å²) in [5.41, 5.74) is 3.12. The molecule has 0 aromatic heterocycles. The minimum Gasteiger partial charge on any atom is -0.468 e. The second-order valence-electron chi connectivity index (χ2n) is 8.04. The third-order valence-corrected chi connectivity index (χ3v) is 7.66. The van der Waals surface area contributed by atoms with Crippen molar-refractivity contribution in [3.63, 3.8) is 0 Å². The molecule has 0 saturated heterocycles. The maximum absolute atomic E-state index is 13.7. The normalized spacial score (nSPS) is 15.5. The van der Waals surface area contributed by atoms with Crippen LogP contribution in [0.5, 0.6) is 0 Å². The van der Waals surface area contributed by atoms with Gasteiger partial charge in [0.2, 0.25) is 10.0 Å². The van der Waals surface area contributed by atoms with Crippen LogP contribution in [0.3, 0.4) is 0 Å². The van der Waals surface area contributed by atoms with Crippen LogP contribution in [-0.2, 0) is 26.0 Å². The van der Waals surface area contributed by atoms with Gasteiger partial charge in [-0.1, -0.05) is 66.1 Å². The number of sulfonamides is 1. The summed E-state index contributed by atoms with van der Waals surface area (Å²) in [5.74, 6) is -0.554. The first-order valence-corrected chi connectivity index (χ1v) is 12.2. The van der Waals surface area contributed by atoms with Crippen LogP contribution in [0.1, 0.15) is 43.2 Å². The van der Waals surface area contributed by atoms with Gasteiger partial charge in [-0.2, -0.15) is 4.31 Å². The highest BCUT2D eigenvalue weighted by molar-refractivity contribution is 7.89. The lowest BCUT2D eigenvalue weighted by atomic mass is 9.95. The summed E-state index contributed by atoms with van der Waals surface area (Å²) in [6.45, 7) is 2.06. The minimum absolute atomic E-state index is 0.151. The number of allylic oxidation sites excluding steroid dienone is 1. The van der Waals surface area contributed by atoms with E-state index in [0.717, 1.165) is 36.8 Å². The molecule has 2 aromatic rings. The van der Waals surface area contributed by atoms with Crippen LogP contribution in [-0.4, -0.2) is 38.4 Å². The van der Waals surface area contributed by atoms with E-state index in [9.17, 15) is 13.2 Å². The van der Waals surface area contributed by atoms with Crippen molar-refractivity contribution in [2.75, 3.05) is 13.7 Å². The number of hydrogen-bond acceptors (Lipinski definition) is 4. The molecule has 0 spiro atoms. The molecule has 0 N–H and O–H groups in total. The second-order valence-corrected chi connectivity index (χ2v) is 9.93. The van der Waals surface area contributed by atoms with Crippen molar-refractivity contribution >= 4 is 16.0 Å². The number of aryl methyl sites for hydroxylation is 1. The average Bonchev–Trinajstić information content (AvgIpc) is 2.79. The fraction of sp³-hybridized carbons (Fsp3) is 0.400. The molecule has 0 radical (unpaired) electrons. The maximum Gasteiger partial charge on any atom is 0.324 e. The van der Waals surface area contributed by atoms with Crippen LogP contribution < -0.4 is 0 Å². The van der Waals surface area contributed by atoms with Crippen LogP contribution >= 0.6 is 0 Å². The number of carbonyl (C=O) groups excluding carboxylic acids is 1. The van der Waals surface area contributed by atoms with E-state index in [1.165, 1.54) is 23.4 Å². The summed E-state index contributed by atoms with van der Waals surface area (Å²) in [6.07, 6.45) is 7.68. The Labute approximate surface area is 185 Å². The Morgan fingerprint density at radius 1 is 1.03 bits per heavy atom. The number of methoxy groups -OCH3 is 1. The first kappa shape index (κ1) is 23.2. The first-order valence-electron chi connectivity index (χ1n) is 10.8. The van der Waals surface area contributed by atoms with E-state index < -0.39 is 22.0 Å². The van der Waals surface area contributed by atoms with Crippen molar-refractivity contribution in [2.45, 2.75) is 56.4 Å². The highest BCUT2D eigenvalue weighted by Crippen LogP contribution is 2.26. The molecule has 0 bridgehead atoms. The van der Waals surface area contributed by atoms with Gasteiger partial charge in [-0.15, -0.1) is 0 Å². The highest BCUT2D eigenvalue weighted by Gasteiger charge is 2.36. The molecule has 31 heavy (non-hydrogen) atoms. The molecule has 1 aliphatic rings. The van der Waals surface area contributed by atoms with E-state index in [1.807, 2.05) is 43.3 Å². The lowest BCUT2D eigenvalue weighted by Crippen LogP contribution is -2.47. The topological polar surface area (TPSA) is 63.7 Å². The molecule has 1 atom stereocenters. The minimum atomic E-state index is -3.91. The highest BCUT2D eigenvalue weighted by atomic mass is 32.2. The van der Waals surface area contributed by atoms with Crippen molar-refractivity contribution in [3.8, 4) is 0 Å². The van der Waals surface area contributed by atoms with Crippen LogP contribution in [0.4, 0.5) is 0 Å². The molecule has 6 heteroatoms. The molecule has 166 valence electrons. The number of nitrogens with zero attached hydrogens (tertiary/aromatic N) is 1. The standard InChI is InChI=1S/C25H31NO4S/c1-20-13-15-23(16-14-20)31(28,29)26(18-17-21-9-5-3-6-10-21)24(25(27)30-2)19-22-11-7-4-8-12-22/h4,7-8,11-17,24H,3,5-6,9-10,18-19H2,1-2H3/t24-/m0/s1. The molecule has 2 aromatic carbocycles. The lowest BCUT2D eigenvalue weighted by molar-refractivity contribution is -0.145. The van der Waals surface area contributed by atoms with Crippen molar-refractivity contribution < 1.29 is 17.9 Å². The van der Waals surface area contributed by atoms with Crippen molar-refractivity contribution in [3.05, 3.63) is 77.4 Å². The molecule has 0 unspecified atom stereocenters. The van der Waals surface area contributed by atoms with E-state index in [2.05, 4.69) is 0 Å². The van der Waals surface area contributed by atoms with E-state index in [-0.39, 0.29) is 17.9 Å². The van der Waals surface area contributed by atoms with E-state index in [4.69, 9.17) is 4.74 Å². The van der Waals surface area contributed by atoms with Gasteiger partial charge in [0.1, 0.15) is 6.04 Å².